The second-order valence-corrected chi connectivity index (χ2v) is 6.88. The Labute approximate surface area is 150 Å². The standard InChI is InChI=1S/C14H16BrFN2O7/c1-14(2,3)25-13(22)17-8(12(20)21)5-6-4-7(15)9(16)10(11(6)19)18(23)24/h4,8,19H,5H2,1-3H3,(H,17,22)(H,20,21). The maximum Gasteiger partial charge on any atom is 0.408 e. The van der Waals surface area contributed by atoms with Gasteiger partial charge in [0.05, 0.1) is 9.40 Å². The molecule has 0 aromatic heterocycles. The van der Waals surface area contributed by atoms with Gasteiger partial charge in [-0.3, -0.25) is 10.1 Å². The summed E-state index contributed by atoms with van der Waals surface area (Å²) in [6.07, 6.45) is -1.55. The molecule has 11 heteroatoms. The zero-order valence-electron chi connectivity index (χ0n) is 13.5. The predicted octanol–water partition coefficient (Wildman–Crippen LogP) is 2.72. The van der Waals surface area contributed by atoms with E-state index in [-0.39, 0.29) is 10.0 Å². The first-order valence-corrected chi connectivity index (χ1v) is 7.69. The first kappa shape index (κ1) is 20.6. The van der Waals surface area contributed by atoms with Crippen molar-refractivity contribution < 1.29 is 33.9 Å². The van der Waals surface area contributed by atoms with Gasteiger partial charge >= 0.3 is 17.7 Å². The fraction of sp³-hybridized carbons (Fsp3) is 0.429. The van der Waals surface area contributed by atoms with Crippen molar-refractivity contribution in [3.8, 4) is 5.75 Å². The van der Waals surface area contributed by atoms with E-state index >= 15 is 0 Å². The van der Waals surface area contributed by atoms with Crippen molar-refractivity contribution in [3.63, 3.8) is 0 Å². The number of alkyl carbamates (subject to hydrolysis) is 1. The number of ether oxygens (including phenoxy) is 1. The number of amides is 1. The minimum Gasteiger partial charge on any atom is -0.502 e. The highest BCUT2D eigenvalue weighted by molar-refractivity contribution is 9.10. The number of carboxylic acid groups (broad SMARTS) is 1. The molecule has 1 unspecified atom stereocenters. The van der Waals surface area contributed by atoms with Crippen molar-refractivity contribution in [1.82, 2.24) is 5.32 Å². The second kappa shape index (κ2) is 7.64. The molecule has 3 N–H and O–H groups in total. The van der Waals surface area contributed by atoms with Crippen LogP contribution in [0.4, 0.5) is 14.9 Å². The summed E-state index contributed by atoms with van der Waals surface area (Å²) in [6.45, 7) is 4.73. The van der Waals surface area contributed by atoms with Gasteiger partial charge in [0.2, 0.25) is 11.6 Å². The topological polar surface area (TPSA) is 139 Å². The molecule has 0 aliphatic heterocycles. The third-order valence-electron chi connectivity index (χ3n) is 2.84. The van der Waals surface area contributed by atoms with Gasteiger partial charge in [0.25, 0.3) is 0 Å². The van der Waals surface area contributed by atoms with E-state index in [1.165, 1.54) is 0 Å². The van der Waals surface area contributed by atoms with E-state index in [4.69, 9.17) is 4.74 Å². The highest BCUT2D eigenvalue weighted by atomic mass is 79.9. The number of benzene rings is 1. The molecule has 1 atom stereocenters. The summed E-state index contributed by atoms with van der Waals surface area (Å²) >= 11 is 2.77. The normalized spacial score (nSPS) is 12.4. The zero-order chi connectivity index (χ0) is 19.5. The third kappa shape index (κ3) is 5.55. The van der Waals surface area contributed by atoms with Crippen LogP contribution < -0.4 is 5.32 Å². The number of carboxylic acids is 1. The quantitative estimate of drug-likeness (QED) is 0.489. The van der Waals surface area contributed by atoms with Gasteiger partial charge in [0.15, 0.2) is 0 Å². The summed E-state index contributed by atoms with van der Waals surface area (Å²) in [5.41, 5.74) is -2.29. The van der Waals surface area contributed by atoms with Crippen LogP contribution in [0.2, 0.25) is 0 Å². The SMILES string of the molecule is CC(C)(C)OC(=O)NC(Cc1cc(Br)c(F)c([N+](=O)[O-])c1O)C(=O)O. The summed E-state index contributed by atoms with van der Waals surface area (Å²) < 4.78 is 18.3. The monoisotopic (exact) mass is 422 g/mol. The Bertz CT molecular complexity index is 718. The van der Waals surface area contributed by atoms with Crippen molar-refractivity contribution in [2.45, 2.75) is 38.8 Å². The van der Waals surface area contributed by atoms with E-state index in [1.807, 2.05) is 0 Å². The lowest BCUT2D eigenvalue weighted by Crippen LogP contribution is -2.44. The Morgan fingerprint density at radius 1 is 1.48 bits per heavy atom. The average Bonchev–Trinajstić information content (AvgIpc) is 2.41. The molecular formula is C14H16BrFN2O7. The Hall–Kier alpha value is -2.43. The number of aliphatic carboxylic acids is 1. The molecule has 0 bridgehead atoms. The number of nitro groups is 1. The van der Waals surface area contributed by atoms with Crippen molar-refractivity contribution in [3.05, 3.63) is 32.0 Å². The largest absolute Gasteiger partial charge is 0.502 e. The number of nitrogens with zero attached hydrogens (tertiary/aromatic N) is 1. The number of aromatic hydroxyl groups is 1. The number of nitrogens with one attached hydrogen (secondary N) is 1. The fourth-order valence-corrected chi connectivity index (χ4v) is 2.31. The van der Waals surface area contributed by atoms with Crippen LogP contribution >= 0.6 is 15.9 Å². The Morgan fingerprint density at radius 3 is 2.48 bits per heavy atom. The highest BCUT2D eigenvalue weighted by Crippen LogP contribution is 2.37. The lowest BCUT2D eigenvalue weighted by Gasteiger charge is -2.22. The van der Waals surface area contributed by atoms with Crippen molar-refractivity contribution in [2.75, 3.05) is 0 Å². The fourth-order valence-electron chi connectivity index (χ4n) is 1.85. The number of hydrogen-bond donors (Lipinski definition) is 3. The first-order valence-electron chi connectivity index (χ1n) is 6.90. The Balaban J connectivity index is 3.13. The predicted molar refractivity (Wildman–Crippen MR) is 86.9 cm³/mol. The van der Waals surface area contributed by atoms with E-state index in [0.29, 0.717) is 0 Å². The van der Waals surface area contributed by atoms with E-state index in [9.17, 15) is 34.3 Å². The molecule has 0 spiro atoms. The van der Waals surface area contributed by atoms with Gasteiger partial charge in [-0.1, -0.05) is 0 Å². The molecule has 25 heavy (non-hydrogen) atoms. The van der Waals surface area contributed by atoms with Crippen LogP contribution in [0.1, 0.15) is 26.3 Å². The van der Waals surface area contributed by atoms with Gasteiger partial charge < -0.3 is 20.3 Å². The third-order valence-corrected chi connectivity index (χ3v) is 3.42. The van der Waals surface area contributed by atoms with Crippen LogP contribution in [0.15, 0.2) is 10.5 Å². The van der Waals surface area contributed by atoms with E-state index in [0.717, 1.165) is 6.07 Å². The number of carbonyl (C=O) groups excluding carboxylic acids is 1. The van der Waals surface area contributed by atoms with Gasteiger partial charge in [-0.05, 0) is 42.8 Å². The van der Waals surface area contributed by atoms with E-state index in [2.05, 4.69) is 21.2 Å². The van der Waals surface area contributed by atoms with Gasteiger partial charge in [0.1, 0.15) is 11.6 Å². The number of rotatable bonds is 5. The highest BCUT2D eigenvalue weighted by Gasteiger charge is 2.30. The molecule has 0 aliphatic carbocycles. The number of halogens is 2. The molecule has 0 heterocycles. The van der Waals surface area contributed by atoms with Crippen LogP contribution in [-0.4, -0.2) is 38.8 Å². The molecule has 0 saturated carbocycles. The molecule has 1 aromatic rings. The van der Waals surface area contributed by atoms with Crippen molar-refractivity contribution >= 4 is 33.7 Å². The van der Waals surface area contributed by atoms with Gasteiger partial charge in [-0.25, -0.2) is 9.59 Å². The molecule has 0 fully saturated rings. The summed E-state index contributed by atoms with van der Waals surface area (Å²) in [5, 5.41) is 32.0. The molecule has 9 nitrogen and oxygen atoms in total. The minimum absolute atomic E-state index is 0.233. The summed E-state index contributed by atoms with van der Waals surface area (Å²) in [6, 6.07) is -0.553. The van der Waals surface area contributed by atoms with Crippen molar-refractivity contribution in [2.24, 2.45) is 0 Å². The Morgan fingerprint density at radius 2 is 2.04 bits per heavy atom. The molecule has 1 aromatic carbocycles. The van der Waals surface area contributed by atoms with Crippen LogP contribution in [0.3, 0.4) is 0 Å². The van der Waals surface area contributed by atoms with Gasteiger partial charge in [-0.2, -0.15) is 4.39 Å². The van der Waals surface area contributed by atoms with Crippen LogP contribution in [0.5, 0.6) is 5.75 Å². The lowest BCUT2D eigenvalue weighted by molar-refractivity contribution is -0.388. The minimum atomic E-state index is -1.56. The maximum atomic E-state index is 13.7. The molecule has 0 saturated heterocycles. The molecule has 138 valence electrons. The number of phenols is 1. The van der Waals surface area contributed by atoms with E-state index in [1.54, 1.807) is 20.8 Å². The molecule has 1 rings (SSSR count). The first-order chi connectivity index (χ1) is 11.3. The molecule has 0 aliphatic rings. The van der Waals surface area contributed by atoms with Gasteiger partial charge in [-0.15, -0.1) is 0 Å². The molecule has 1 amide bonds. The summed E-state index contributed by atoms with van der Waals surface area (Å²) in [5.74, 6) is -3.77. The zero-order valence-corrected chi connectivity index (χ0v) is 15.1. The van der Waals surface area contributed by atoms with Crippen LogP contribution in [0, 0.1) is 15.9 Å². The average molecular weight is 423 g/mol. The summed E-state index contributed by atoms with van der Waals surface area (Å²) in [4.78, 5) is 32.8. The number of nitro benzene ring substituents is 1. The molecular weight excluding hydrogens is 407 g/mol. The van der Waals surface area contributed by atoms with Crippen LogP contribution in [0.25, 0.3) is 0 Å². The number of hydrogen-bond acceptors (Lipinski definition) is 6. The second-order valence-electron chi connectivity index (χ2n) is 6.03. The molecule has 0 radical (unpaired) electrons. The maximum absolute atomic E-state index is 13.7. The van der Waals surface area contributed by atoms with E-state index < -0.39 is 52.3 Å². The van der Waals surface area contributed by atoms with Gasteiger partial charge in [0, 0.05) is 12.0 Å². The van der Waals surface area contributed by atoms with Crippen molar-refractivity contribution in [1.29, 1.82) is 0 Å². The lowest BCUT2D eigenvalue weighted by atomic mass is 10.0. The Kier molecular flexibility index (Phi) is 6.30. The number of phenolic OH excluding ortho intramolecular Hbond substituents is 1. The smallest absolute Gasteiger partial charge is 0.408 e. The number of carbonyl (C=O) groups is 2. The van der Waals surface area contributed by atoms with Crippen LogP contribution in [-0.2, 0) is 16.0 Å². The summed E-state index contributed by atoms with van der Waals surface area (Å²) in [7, 11) is 0.